The van der Waals surface area contributed by atoms with Crippen LogP contribution in [0.15, 0.2) is 42.5 Å². The number of nitrogens with zero attached hydrogens (tertiary/aromatic N) is 5. The number of likely N-dealkylation sites (tertiary alicyclic amines) is 1. The minimum Gasteiger partial charge on any atom is -0.309 e. The number of benzene rings is 2. The van der Waals surface area contributed by atoms with E-state index < -0.39 is 21.8 Å². The highest BCUT2D eigenvalue weighted by Crippen LogP contribution is 2.35. The topological polar surface area (TPSA) is 78.8 Å². The first-order valence-corrected chi connectivity index (χ1v) is 18.1. The molecule has 13 heteroatoms. The number of rotatable bonds is 11. The third-order valence-electron chi connectivity index (χ3n) is 9.09. The van der Waals surface area contributed by atoms with Gasteiger partial charge in [0.1, 0.15) is 0 Å². The zero-order chi connectivity index (χ0) is 33.2. The standard InChI is InChI=1S/C33H41ClF3N5O3S/c1-4-29-28(22-40(5-2)46(3,44)45)32(24-7-11-25(12-8-24)33(35,36)37)38-41(29)18-6-17-39-19-15-27(16-20-39)42-30-21-26(34)13-9-23(30)10-14-31(42)43/h7-9,11-13,21,27H,4-6,10,14-20,22H2,1-3H3. The molecule has 0 atom stereocenters. The van der Waals surface area contributed by atoms with Crippen molar-refractivity contribution in [2.24, 2.45) is 0 Å². The van der Waals surface area contributed by atoms with E-state index in [0.717, 1.165) is 80.7 Å². The lowest BCUT2D eigenvalue weighted by molar-refractivity contribution is -0.137. The SMILES string of the molecule is CCc1c(CN(CC)S(C)(=O)=O)c(-c2ccc(C(F)(F)F)cc2)nn1CCCN1CCC(N2C(=O)CCc3ccc(Cl)cc32)CC1. The monoisotopic (exact) mass is 679 g/mol. The Bertz CT molecular complexity index is 1650. The van der Waals surface area contributed by atoms with Crippen LogP contribution < -0.4 is 4.90 Å². The number of alkyl halides is 3. The van der Waals surface area contributed by atoms with Crippen LogP contribution >= 0.6 is 11.6 Å². The van der Waals surface area contributed by atoms with E-state index in [9.17, 15) is 26.4 Å². The van der Waals surface area contributed by atoms with Gasteiger partial charge >= 0.3 is 6.18 Å². The van der Waals surface area contributed by atoms with Crippen molar-refractivity contribution in [2.75, 3.05) is 37.3 Å². The maximum absolute atomic E-state index is 13.3. The van der Waals surface area contributed by atoms with E-state index in [2.05, 4.69) is 4.90 Å². The van der Waals surface area contributed by atoms with E-state index in [1.54, 1.807) is 6.92 Å². The fourth-order valence-electron chi connectivity index (χ4n) is 6.68. The Morgan fingerprint density at radius 2 is 1.72 bits per heavy atom. The minimum absolute atomic E-state index is 0.0892. The summed E-state index contributed by atoms with van der Waals surface area (Å²) in [6, 6.07) is 10.8. The molecule has 3 heterocycles. The lowest BCUT2D eigenvalue weighted by atomic mass is 9.95. The molecular weight excluding hydrogens is 639 g/mol. The summed E-state index contributed by atoms with van der Waals surface area (Å²) in [4.78, 5) is 17.3. The second-order valence-electron chi connectivity index (χ2n) is 12.1. The molecular formula is C33H41ClF3N5O3S. The highest BCUT2D eigenvalue weighted by atomic mass is 35.5. The van der Waals surface area contributed by atoms with Gasteiger partial charge in [0, 0.05) is 72.7 Å². The Hall–Kier alpha value is -2.93. The molecule has 8 nitrogen and oxygen atoms in total. The fourth-order valence-corrected chi connectivity index (χ4v) is 7.68. The largest absolute Gasteiger partial charge is 0.416 e. The Labute approximate surface area is 274 Å². The number of hydrogen-bond donors (Lipinski definition) is 0. The van der Waals surface area contributed by atoms with Crippen LogP contribution in [0.5, 0.6) is 0 Å². The Morgan fingerprint density at radius 3 is 2.33 bits per heavy atom. The van der Waals surface area contributed by atoms with Crippen molar-refractivity contribution in [1.82, 2.24) is 19.0 Å². The number of anilines is 1. The average molecular weight is 680 g/mol. The van der Waals surface area contributed by atoms with Crippen molar-refractivity contribution < 1.29 is 26.4 Å². The lowest BCUT2D eigenvalue weighted by Gasteiger charge is -2.41. The van der Waals surface area contributed by atoms with E-state index in [1.165, 1.54) is 16.4 Å². The van der Waals surface area contributed by atoms with Crippen molar-refractivity contribution in [3.8, 4) is 11.3 Å². The van der Waals surface area contributed by atoms with E-state index in [0.29, 0.717) is 41.2 Å². The number of sulfonamides is 1. The predicted octanol–water partition coefficient (Wildman–Crippen LogP) is 6.40. The van der Waals surface area contributed by atoms with Crippen molar-refractivity contribution in [3.63, 3.8) is 0 Å². The molecule has 1 saturated heterocycles. The Morgan fingerprint density at radius 1 is 1.02 bits per heavy atom. The number of hydrogen-bond acceptors (Lipinski definition) is 5. The number of piperidine rings is 1. The van der Waals surface area contributed by atoms with E-state index in [4.69, 9.17) is 16.7 Å². The fraction of sp³-hybridized carbons (Fsp3) is 0.515. The highest BCUT2D eigenvalue weighted by molar-refractivity contribution is 7.88. The number of halogens is 4. The van der Waals surface area contributed by atoms with Gasteiger partial charge in [0.05, 0.1) is 17.5 Å². The van der Waals surface area contributed by atoms with Crippen LogP contribution in [0.2, 0.25) is 5.02 Å². The molecule has 1 aromatic heterocycles. The normalized spacial score (nSPS) is 16.8. The summed E-state index contributed by atoms with van der Waals surface area (Å²) in [6.07, 6.45) is 1.04. The first-order valence-electron chi connectivity index (χ1n) is 15.8. The quantitative estimate of drug-likeness (QED) is 0.235. The van der Waals surface area contributed by atoms with Crippen LogP contribution in [0, 0.1) is 0 Å². The van der Waals surface area contributed by atoms with Gasteiger partial charge < -0.3 is 9.80 Å². The van der Waals surface area contributed by atoms with Crippen molar-refractivity contribution >= 4 is 33.2 Å². The number of fused-ring (bicyclic) bond motifs is 1. The molecule has 250 valence electrons. The van der Waals surface area contributed by atoms with Gasteiger partial charge in [0.15, 0.2) is 0 Å². The van der Waals surface area contributed by atoms with Crippen LogP contribution in [0.1, 0.15) is 61.9 Å². The summed E-state index contributed by atoms with van der Waals surface area (Å²) in [5.74, 6) is 0.149. The molecule has 2 aromatic carbocycles. The van der Waals surface area contributed by atoms with Gasteiger partial charge in [-0.1, -0.05) is 43.6 Å². The molecule has 0 aliphatic carbocycles. The van der Waals surface area contributed by atoms with Gasteiger partial charge in [-0.05, 0) is 68.5 Å². The summed E-state index contributed by atoms with van der Waals surface area (Å²) < 4.78 is 68.0. The summed E-state index contributed by atoms with van der Waals surface area (Å²) in [7, 11) is -3.51. The smallest absolute Gasteiger partial charge is 0.309 e. The summed E-state index contributed by atoms with van der Waals surface area (Å²) in [5, 5.41) is 5.47. The minimum atomic E-state index is -4.46. The van der Waals surface area contributed by atoms with Gasteiger partial charge in [-0.2, -0.15) is 22.6 Å². The predicted molar refractivity (Wildman–Crippen MR) is 174 cm³/mol. The van der Waals surface area contributed by atoms with Gasteiger partial charge in [0.2, 0.25) is 15.9 Å². The van der Waals surface area contributed by atoms with E-state index in [1.807, 2.05) is 34.7 Å². The van der Waals surface area contributed by atoms with Gasteiger partial charge in [-0.15, -0.1) is 0 Å². The molecule has 3 aromatic rings. The summed E-state index contributed by atoms with van der Waals surface area (Å²) in [5.41, 5.74) is 3.94. The lowest BCUT2D eigenvalue weighted by Crippen LogP contribution is -2.49. The van der Waals surface area contributed by atoms with Crippen molar-refractivity contribution in [2.45, 2.75) is 77.7 Å². The number of aromatic nitrogens is 2. The first kappa shape index (κ1) is 34.4. The van der Waals surface area contributed by atoms with Crippen LogP contribution in [-0.4, -0.2) is 71.8 Å². The zero-order valence-corrected chi connectivity index (χ0v) is 28.1. The molecule has 0 radical (unpaired) electrons. The third kappa shape index (κ3) is 7.61. The number of carbonyl (C=O) groups excluding carboxylic acids is 1. The van der Waals surface area contributed by atoms with E-state index >= 15 is 0 Å². The first-order chi connectivity index (χ1) is 21.8. The molecule has 2 aliphatic rings. The maximum atomic E-state index is 13.3. The molecule has 2 aliphatic heterocycles. The molecule has 0 bridgehead atoms. The molecule has 1 amide bonds. The summed E-state index contributed by atoms with van der Waals surface area (Å²) in [6.45, 7) is 7.19. The van der Waals surface area contributed by atoms with Crippen molar-refractivity contribution in [3.05, 3.63) is 69.9 Å². The molecule has 0 N–H and O–H groups in total. The molecule has 0 spiro atoms. The van der Waals surface area contributed by atoms with Gasteiger partial charge in [0.25, 0.3) is 0 Å². The second-order valence-corrected chi connectivity index (χ2v) is 14.5. The number of aryl methyl sites for hydroxylation is 2. The second kappa shape index (κ2) is 14.0. The Kier molecular flexibility index (Phi) is 10.5. The molecule has 0 saturated carbocycles. The van der Waals surface area contributed by atoms with Crippen LogP contribution in [0.25, 0.3) is 11.3 Å². The molecule has 1 fully saturated rings. The Balaban J connectivity index is 1.29. The number of carbonyl (C=O) groups is 1. The molecule has 0 unspecified atom stereocenters. The van der Waals surface area contributed by atoms with Crippen LogP contribution in [0.3, 0.4) is 0 Å². The molecule has 46 heavy (non-hydrogen) atoms. The van der Waals surface area contributed by atoms with Gasteiger partial charge in [-0.25, -0.2) is 8.42 Å². The van der Waals surface area contributed by atoms with Crippen LogP contribution in [-0.2, 0) is 46.9 Å². The highest BCUT2D eigenvalue weighted by Gasteiger charge is 2.33. The zero-order valence-electron chi connectivity index (χ0n) is 26.5. The maximum Gasteiger partial charge on any atom is 0.416 e. The summed E-state index contributed by atoms with van der Waals surface area (Å²) >= 11 is 6.28. The molecule has 5 rings (SSSR count). The van der Waals surface area contributed by atoms with E-state index in [-0.39, 0.29) is 25.0 Å². The third-order valence-corrected chi connectivity index (χ3v) is 10.7. The average Bonchev–Trinajstić information content (AvgIpc) is 3.36. The number of amides is 1. The van der Waals surface area contributed by atoms with Crippen LogP contribution in [0.4, 0.5) is 18.9 Å². The van der Waals surface area contributed by atoms with Gasteiger partial charge in [-0.3, -0.25) is 9.48 Å². The van der Waals surface area contributed by atoms with Crippen molar-refractivity contribution in [1.29, 1.82) is 0 Å².